The fourth-order valence-electron chi connectivity index (χ4n) is 4.03. The summed E-state index contributed by atoms with van der Waals surface area (Å²) in [5.74, 6) is -1.11. The lowest BCUT2D eigenvalue weighted by molar-refractivity contribution is -0.128. The van der Waals surface area contributed by atoms with Crippen molar-refractivity contribution in [3.8, 4) is 11.3 Å². The van der Waals surface area contributed by atoms with Crippen LogP contribution in [0.4, 0.5) is 13.2 Å². The van der Waals surface area contributed by atoms with Gasteiger partial charge < -0.3 is 15.4 Å². The molecular formula is C24H25F3N2O2. The quantitative estimate of drug-likeness (QED) is 0.543. The number of carbonyl (C=O) groups is 1. The van der Waals surface area contributed by atoms with Crippen molar-refractivity contribution < 1.29 is 23.1 Å². The highest BCUT2D eigenvalue weighted by atomic mass is 19.1. The lowest BCUT2D eigenvalue weighted by Gasteiger charge is -2.25. The number of aromatic nitrogens is 1. The normalized spacial score (nSPS) is 20.8. The summed E-state index contributed by atoms with van der Waals surface area (Å²) in [6.07, 6.45) is 5.66. The molecule has 2 aromatic carbocycles. The predicted molar refractivity (Wildman–Crippen MR) is 113 cm³/mol. The van der Waals surface area contributed by atoms with E-state index >= 15 is 0 Å². The standard InChI is InChI=1S/C14H8F3N.C10H17NO2/c15-10-3-1-8(2-4-10)13-6-9-5-11(16)7-12(17)14(9)18-13;12-9-5-4-8(6-9)11-10(13)7-2-1-3-7/h1-7,18H;7-9,12H,1-6H2,(H,11,13). The Morgan fingerprint density at radius 2 is 1.71 bits per heavy atom. The molecule has 1 amide bonds. The van der Waals surface area contributed by atoms with Gasteiger partial charge in [-0.15, -0.1) is 0 Å². The van der Waals surface area contributed by atoms with Gasteiger partial charge >= 0.3 is 0 Å². The highest BCUT2D eigenvalue weighted by Gasteiger charge is 2.29. The Bertz CT molecular complexity index is 1060. The molecule has 0 radical (unpaired) electrons. The van der Waals surface area contributed by atoms with Crippen molar-refractivity contribution in [2.24, 2.45) is 5.92 Å². The van der Waals surface area contributed by atoms with E-state index < -0.39 is 11.6 Å². The van der Waals surface area contributed by atoms with Crippen LogP contribution in [-0.2, 0) is 4.79 Å². The number of H-pyrrole nitrogens is 1. The van der Waals surface area contributed by atoms with Gasteiger partial charge in [0.2, 0.25) is 5.91 Å². The zero-order valence-electron chi connectivity index (χ0n) is 17.0. The van der Waals surface area contributed by atoms with Crippen molar-refractivity contribution in [2.75, 3.05) is 0 Å². The molecule has 2 aliphatic carbocycles. The van der Waals surface area contributed by atoms with Crippen molar-refractivity contribution >= 4 is 16.8 Å². The summed E-state index contributed by atoms with van der Waals surface area (Å²) >= 11 is 0. The summed E-state index contributed by atoms with van der Waals surface area (Å²) in [6, 6.07) is 9.74. The maximum absolute atomic E-state index is 13.5. The van der Waals surface area contributed by atoms with Crippen molar-refractivity contribution in [1.82, 2.24) is 10.3 Å². The Morgan fingerprint density at radius 1 is 0.968 bits per heavy atom. The second kappa shape index (κ2) is 9.14. The first-order valence-corrected chi connectivity index (χ1v) is 10.6. The van der Waals surface area contributed by atoms with E-state index in [1.54, 1.807) is 18.2 Å². The van der Waals surface area contributed by atoms with E-state index in [0.717, 1.165) is 38.2 Å². The van der Waals surface area contributed by atoms with Gasteiger partial charge in [0, 0.05) is 29.1 Å². The average molecular weight is 430 g/mol. The minimum absolute atomic E-state index is 0.188. The van der Waals surface area contributed by atoms with Gasteiger partial charge in [0.25, 0.3) is 0 Å². The highest BCUT2D eigenvalue weighted by Crippen LogP contribution is 2.28. The number of benzene rings is 2. The molecule has 4 nitrogen and oxygen atoms in total. The van der Waals surface area contributed by atoms with Gasteiger partial charge in [0.05, 0.1) is 11.6 Å². The molecule has 1 heterocycles. The second-order valence-corrected chi connectivity index (χ2v) is 8.34. The molecule has 0 aliphatic heterocycles. The SMILES string of the molecule is Fc1ccc(-c2cc3cc(F)cc(F)c3[nH]2)cc1.O=C(NC1CCC(O)C1)C1CCC1. The van der Waals surface area contributed by atoms with E-state index in [4.69, 9.17) is 0 Å². The molecule has 1 aromatic heterocycles. The maximum atomic E-state index is 13.5. The van der Waals surface area contributed by atoms with Gasteiger partial charge in [-0.1, -0.05) is 6.42 Å². The van der Waals surface area contributed by atoms with Gasteiger partial charge in [-0.3, -0.25) is 4.79 Å². The van der Waals surface area contributed by atoms with Crippen LogP contribution >= 0.6 is 0 Å². The Morgan fingerprint density at radius 3 is 2.32 bits per heavy atom. The molecule has 0 bridgehead atoms. The first-order chi connectivity index (χ1) is 14.9. The third-order valence-electron chi connectivity index (χ3n) is 6.03. The lowest BCUT2D eigenvalue weighted by atomic mass is 9.84. The van der Waals surface area contributed by atoms with E-state index in [1.807, 2.05) is 0 Å². The Balaban J connectivity index is 0.000000158. The summed E-state index contributed by atoms with van der Waals surface area (Å²) in [5.41, 5.74) is 1.58. The molecule has 3 N–H and O–H groups in total. The fourth-order valence-corrected chi connectivity index (χ4v) is 4.03. The molecule has 164 valence electrons. The monoisotopic (exact) mass is 430 g/mol. The topological polar surface area (TPSA) is 65.1 Å². The van der Waals surface area contributed by atoms with Crippen molar-refractivity contribution in [3.63, 3.8) is 0 Å². The number of hydrogen-bond donors (Lipinski definition) is 3. The molecular weight excluding hydrogens is 405 g/mol. The zero-order chi connectivity index (χ0) is 22.0. The van der Waals surface area contributed by atoms with Crippen LogP contribution < -0.4 is 5.32 Å². The molecule has 2 saturated carbocycles. The van der Waals surface area contributed by atoms with E-state index in [0.29, 0.717) is 16.6 Å². The number of fused-ring (bicyclic) bond motifs is 1. The van der Waals surface area contributed by atoms with Crippen molar-refractivity contribution in [1.29, 1.82) is 0 Å². The number of aromatic amines is 1. The highest BCUT2D eigenvalue weighted by molar-refractivity contribution is 5.86. The molecule has 5 rings (SSSR count). The van der Waals surface area contributed by atoms with E-state index in [1.165, 1.54) is 24.6 Å². The van der Waals surface area contributed by atoms with Crippen LogP contribution in [0.2, 0.25) is 0 Å². The number of hydrogen-bond acceptors (Lipinski definition) is 2. The van der Waals surface area contributed by atoms with E-state index in [9.17, 15) is 23.1 Å². The predicted octanol–water partition coefficient (Wildman–Crippen LogP) is 5.07. The number of rotatable bonds is 3. The van der Waals surface area contributed by atoms with Crippen LogP contribution in [-0.4, -0.2) is 28.1 Å². The molecule has 2 fully saturated rings. The van der Waals surface area contributed by atoms with Crippen LogP contribution in [0.5, 0.6) is 0 Å². The Labute approximate surface area is 178 Å². The van der Waals surface area contributed by atoms with Crippen molar-refractivity contribution in [2.45, 2.75) is 50.7 Å². The van der Waals surface area contributed by atoms with Gasteiger partial charge in [-0.05, 0) is 74.1 Å². The number of amides is 1. The number of halogens is 3. The second-order valence-electron chi connectivity index (χ2n) is 8.34. The van der Waals surface area contributed by atoms with Crippen LogP contribution in [0, 0.1) is 23.4 Å². The minimum Gasteiger partial charge on any atom is -0.393 e. The van der Waals surface area contributed by atoms with Crippen LogP contribution in [0.25, 0.3) is 22.2 Å². The first kappa shape index (κ1) is 21.4. The molecule has 2 aliphatic rings. The third kappa shape index (κ3) is 5.10. The van der Waals surface area contributed by atoms with Crippen LogP contribution in [0.3, 0.4) is 0 Å². The lowest BCUT2D eigenvalue weighted by Crippen LogP contribution is -2.40. The molecule has 0 spiro atoms. The Hall–Kier alpha value is -2.80. The number of aliphatic hydroxyl groups is 1. The first-order valence-electron chi connectivity index (χ1n) is 10.6. The fraction of sp³-hybridized carbons (Fsp3) is 0.375. The minimum atomic E-state index is -0.640. The van der Waals surface area contributed by atoms with Crippen molar-refractivity contribution in [3.05, 3.63) is 59.9 Å². The van der Waals surface area contributed by atoms with Gasteiger partial charge in [-0.2, -0.15) is 0 Å². The average Bonchev–Trinajstić information content (AvgIpc) is 3.27. The third-order valence-corrected chi connectivity index (χ3v) is 6.03. The molecule has 7 heteroatoms. The zero-order valence-corrected chi connectivity index (χ0v) is 17.0. The molecule has 2 unspecified atom stereocenters. The Kier molecular flexibility index (Phi) is 6.32. The summed E-state index contributed by atoms with van der Waals surface area (Å²) < 4.78 is 39.4. The van der Waals surface area contributed by atoms with Crippen LogP contribution in [0.15, 0.2) is 42.5 Å². The molecule has 2 atom stereocenters. The molecule has 31 heavy (non-hydrogen) atoms. The summed E-state index contributed by atoms with van der Waals surface area (Å²) in [6.45, 7) is 0. The van der Waals surface area contributed by atoms with E-state index in [2.05, 4.69) is 10.3 Å². The number of aliphatic hydroxyl groups excluding tert-OH is 1. The number of carbonyl (C=O) groups excluding carboxylic acids is 1. The van der Waals surface area contributed by atoms with Gasteiger partial charge in [0.1, 0.15) is 17.5 Å². The van der Waals surface area contributed by atoms with E-state index in [-0.39, 0.29) is 35.3 Å². The smallest absolute Gasteiger partial charge is 0.223 e. The largest absolute Gasteiger partial charge is 0.393 e. The van der Waals surface area contributed by atoms with Gasteiger partial charge in [0.15, 0.2) is 0 Å². The van der Waals surface area contributed by atoms with Crippen LogP contribution in [0.1, 0.15) is 38.5 Å². The maximum Gasteiger partial charge on any atom is 0.223 e. The molecule has 3 aromatic rings. The molecule has 0 saturated heterocycles. The summed E-state index contributed by atoms with van der Waals surface area (Å²) in [4.78, 5) is 14.4. The van der Waals surface area contributed by atoms with Gasteiger partial charge in [-0.25, -0.2) is 13.2 Å². The summed E-state index contributed by atoms with van der Waals surface area (Å²) in [5, 5.41) is 12.7. The summed E-state index contributed by atoms with van der Waals surface area (Å²) in [7, 11) is 0. The number of nitrogens with one attached hydrogen (secondary N) is 2.